The van der Waals surface area contributed by atoms with Crippen molar-refractivity contribution in [2.24, 2.45) is 5.92 Å². The molecular formula is C22H30F3N7O2. The minimum Gasteiger partial charge on any atom is -0.454 e. The zero-order chi connectivity index (χ0) is 24.9. The maximum Gasteiger partial charge on any atom is 0.490 e. The topological polar surface area (TPSA) is 104 Å². The van der Waals surface area contributed by atoms with E-state index in [9.17, 15) is 18.0 Å². The zero-order valence-electron chi connectivity index (χ0n) is 19.7. The van der Waals surface area contributed by atoms with Crippen molar-refractivity contribution >= 4 is 29.5 Å². The van der Waals surface area contributed by atoms with Crippen LogP contribution in [0.1, 0.15) is 31.4 Å². The van der Waals surface area contributed by atoms with Gasteiger partial charge in [0, 0.05) is 31.9 Å². The number of benzene rings is 1. The lowest BCUT2D eigenvalue weighted by Crippen LogP contribution is -2.27. The van der Waals surface area contributed by atoms with Gasteiger partial charge in [0.25, 0.3) is 0 Å². The second-order valence-electron chi connectivity index (χ2n) is 8.74. The van der Waals surface area contributed by atoms with Gasteiger partial charge in [-0.1, -0.05) is 26.0 Å². The highest BCUT2D eigenvalue weighted by molar-refractivity contribution is 5.75. The molecule has 34 heavy (non-hydrogen) atoms. The summed E-state index contributed by atoms with van der Waals surface area (Å²) in [6.45, 7) is 8.00. The highest BCUT2D eigenvalue weighted by atomic mass is 19.4. The van der Waals surface area contributed by atoms with E-state index < -0.39 is 18.8 Å². The van der Waals surface area contributed by atoms with E-state index in [1.165, 1.54) is 0 Å². The average molecular weight is 482 g/mol. The molecule has 3 rings (SSSR count). The number of aromatic nitrogens is 3. The first-order valence-electron chi connectivity index (χ1n) is 11.1. The number of carbonyl (C=O) groups excluding carboxylic acids is 1. The molecule has 0 radical (unpaired) electrons. The van der Waals surface area contributed by atoms with E-state index in [1.54, 1.807) is 18.2 Å². The number of anilines is 4. The Kier molecular flexibility index (Phi) is 8.13. The summed E-state index contributed by atoms with van der Waals surface area (Å²) in [4.78, 5) is 26.6. The molecule has 0 bridgehead atoms. The number of carbonyl (C=O) groups is 1. The van der Waals surface area contributed by atoms with Crippen molar-refractivity contribution in [3.63, 3.8) is 0 Å². The van der Waals surface area contributed by atoms with E-state index in [2.05, 4.69) is 49.5 Å². The smallest absolute Gasteiger partial charge is 0.454 e. The fourth-order valence-corrected chi connectivity index (χ4v) is 3.49. The molecule has 2 heterocycles. The molecule has 1 aromatic carbocycles. The Hall–Kier alpha value is -3.15. The fourth-order valence-electron chi connectivity index (χ4n) is 3.49. The van der Waals surface area contributed by atoms with Gasteiger partial charge in [-0.2, -0.15) is 28.1 Å². The lowest BCUT2D eigenvalue weighted by molar-refractivity contribution is -0.201. The summed E-state index contributed by atoms with van der Waals surface area (Å²) in [6.07, 6.45) is -4.09. The first kappa shape index (κ1) is 25.5. The number of halogens is 3. The van der Waals surface area contributed by atoms with Crippen molar-refractivity contribution < 1.29 is 22.7 Å². The van der Waals surface area contributed by atoms with E-state index in [0.717, 1.165) is 31.6 Å². The molecule has 0 unspecified atom stereocenters. The van der Waals surface area contributed by atoms with E-state index in [4.69, 9.17) is 0 Å². The highest BCUT2D eigenvalue weighted by Crippen LogP contribution is 2.24. The number of alkyl halides is 3. The van der Waals surface area contributed by atoms with Gasteiger partial charge in [-0.25, -0.2) is 4.79 Å². The third-order valence-corrected chi connectivity index (χ3v) is 5.15. The van der Waals surface area contributed by atoms with Crippen LogP contribution in [-0.4, -0.2) is 59.8 Å². The molecule has 0 aliphatic carbocycles. The summed E-state index contributed by atoms with van der Waals surface area (Å²) >= 11 is 0. The number of rotatable bonds is 9. The molecule has 1 saturated heterocycles. The SMILES string of the molecule is Cc1ccc(COC(=O)C(F)(F)F)cc1Nc1nc(N[C@@H]2CCNC2)nc(N(C)CC(C)C)n1. The fraction of sp³-hybridized carbons (Fsp3) is 0.545. The molecule has 0 spiro atoms. The Morgan fingerprint density at radius 1 is 1.26 bits per heavy atom. The number of ether oxygens (including phenoxy) is 1. The lowest BCUT2D eigenvalue weighted by Gasteiger charge is -2.21. The molecule has 186 valence electrons. The Morgan fingerprint density at radius 3 is 2.65 bits per heavy atom. The summed E-state index contributed by atoms with van der Waals surface area (Å²) in [5.41, 5.74) is 1.79. The highest BCUT2D eigenvalue weighted by Gasteiger charge is 2.40. The molecule has 2 aromatic rings. The quantitative estimate of drug-likeness (QED) is 0.465. The van der Waals surface area contributed by atoms with Gasteiger partial charge in [0.15, 0.2) is 0 Å². The van der Waals surface area contributed by atoms with Gasteiger partial charge in [-0.05, 0) is 43.0 Å². The first-order chi connectivity index (χ1) is 16.0. The molecule has 1 aliphatic heterocycles. The number of nitrogens with one attached hydrogen (secondary N) is 3. The van der Waals surface area contributed by atoms with Crippen LogP contribution in [0.2, 0.25) is 0 Å². The molecule has 12 heteroatoms. The summed E-state index contributed by atoms with van der Waals surface area (Å²) in [7, 11) is 1.90. The number of nitrogens with zero attached hydrogens (tertiary/aromatic N) is 4. The number of esters is 1. The average Bonchev–Trinajstić information content (AvgIpc) is 3.25. The van der Waals surface area contributed by atoms with Crippen molar-refractivity contribution in [3.05, 3.63) is 29.3 Å². The molecule has 0 saturated carbocycles. The van der Waals surface area contributed by atoms with Crippen molar-refractivity contribution in [3.8, 4) is 0 Å². The Balaban J connectivity index is 1.82. The summed E-state index contributed by atoms with van der Waals surface area (Å²) in [6, 6.07) is 5.12. The predicted octanol–water partition coefficient (Wildman–Crippen LogP) is 3.40. The number of aryl methyl sites for hydroxylation is 1. The second-order valence-corrected chi connectivity index (χ2v) is 8.74. The van der Waals surface area contributed by atoms with Gasteiger partial charge in [-0.3, -0.25) is 0 Å². The van der Waals surface area contributed by atoms with Crippen LogP contribution in [0, 0.1) is 12.8 Å². The number of hydrogen-bond donors (Lipinski definition) is 3. The lowest BCUT2D eigenvalue weighted by atomic mass is 10.1. The van der Waals surface area contributed by atoms with Crippen molar-refractivity contribution in [2.75, 3.05) is 42.2 Å². The normalized spacial score (nSPS) is 15.9. The van der Waals surface area contributed by atoms with Gasteiger partial charge >= 0.3 is 12.1 Å². The Morgan fingerprint density at radius 2 is 2.00 bits per heavy atom. The minimum absolute atomic E-state index is 0.201. The van der Waals surface area contributed by atoms with Crippen LogP contribution in [-0.2, 0) is 16.1 Å². The third-order valence-electron chi connectivity index (χ3n) is 5.15. The number of hydrogen-bond acceptors (Lipinski definition) is 9. The first-order valence-corrected chi connectivity index (χ1v) is 11.1. The van der Waals surface area contributed by atoms with Crippen LogP contribution >= 0.6 is 0 Å². The summed E-state index contributed by atoms with van der Waals surface area (Å²) < 4.78 is 41.6. The molecule has 1 aromatic heterocycles. The van der Waals surface area contributed by atoms with Crippen LogP contribution < -0.4 is 20.9 Å². The molecule has 9 nitrogen and oxygen atoms in total. The van der Waals surface area contributed by atoms with Crippen LogP contribution in [0.3, 0.4) is 0 Å². The monoisotopic (exact) mass is 481 g/mol. The van der Waals surface area contributed by atoms with Crippen LogP contribution in [0.15, 0.2) is 18.2 Å². The van der Waals surface area contributed by atoms with E-state index in [-0.39, 0.29) is 6.04 Å². The maximum absolute atomic E-state index is 12.4. The molecule has 0 amide bonds. The van der Waals surface area contributed by atoms with Crippen molar-refractivity contribution in [1.82, 2.24) is 20.3 Å². The summed E-state index contributed by atoms with van der Waals surface area (Å²) in [5, 5.41) is 9.76. The third kappa shape index (κ3) is 7.17. The van der Waals surface area contributed by atoms with Crippen LogP contribution in [0.4, 0.5) is 36.7 Å². The molecule has 1 atom stereocenters. The van der Waals surface area contributed by atoms with Crippen molar-refractivity contribution in [2.45, 2.75) is 46.0 Å². The van der Waals surface area contributed by atoms with Gasteiger partial charge < -0.3 is 25.6 Å². The van der Waals surface area contributed by atoms with Crippen LogP contribution in [0.25, 0.3) is 0 Å². The Labute approximate surface area is 196 Å². The van der Waals surface area contributed by atoms with Crippen molar-refractivity contribution in [1.29, 1.82) is 0 Å². The Bertz CT molecular complexity index is 995. The van der Waals surface area contributed by atoms with Crippen LogP contribution in [0.5, 0.6) is 0 Å². The molecule has 1 aliphatic rings. The van der Waals surface area contributed by atoms with Gasteiger partial charge in [0.2, 0.25) is 17.8 Å². The largest absolute Gasteiger partial charge is 0.490 e. The van der Waals surface area contributed by atoms with Gasteiger partial charge in [0.1, 0.15) is 6.61 Å². The zero-order valence-corrected chi connectivity index (χ0v) is 19.7. The minimum atomic E-state index is -5.03. The van der Waals surface area contributed by atoms with E-state index in [0.29, 0.717) is 35.0 Å². The summed E-state index contributed by atoms with van der Waals surface area (Å²) in [5.74, 6) is -0.610. The van der Waals surface area contributed by atoms with Gasteiger partial charge in [0.05, 0.1) is 0 Å². The molecule has 1 fully saturated rings. The molecule has 3 N–H and O–H groups in total. The maximum atomic E-state index is 12.4. The standard InChI is InChI=1S/C22H30F3N7O2/c1-13(2)11-32(4)21-30-19(27-16-7-8-26-10-16)29-20(31-21)28-17-9-15(6-5-14(17)3)12-34-18(33)22(23,24)25/h5-6,9,13,16,26H,7-8,10-12H2,1-4H3,(H2,27,28,29,30,31)/t16-/m1/s1. The molecular weight excluding hydrogens is 451 g/mol. The predicted molar refractivity (Wildman–Crippen MR) is 123 cm³/mol. The van der Waals surface area contributed by atoms with Gasteiger partial charge in [-0.15, -0.1) is 0 Å². The van der Waals surface area contributed by atoms with E-state index in [1.807, 2.05) is 18.9 Å². The second kappa shape index (κ2) is 10.9. The van der Waals surface area contributed by atoms with E-state index >= 15 is 0 Å².